The van der Waals surface area contributed by atoms with E-state index in [-0.39, 0.29) is 24.0 Å². The molecule has 11 heteroatoms. The largest absolute Gasteiger partial charge is 0.493 e. The van der Waals surface area contributed by atoms with Crippen molar-refractivity contribution in [2.45, 2.75) is 32.7 Å². The summed E-state index contributed by atoms with van der Waals surface area (Å²) in [6.45, 7) is 5.86. The Hall–Kier alpha value is -3.96. The molecule has 0 N–H and O–H groups in total. The number of thiophene rings is 1. The minimum absolute atomic E-state index is 0.0833. The lowest BCUT2D eigenvalue weighted by Crippen LogP contribution is -2.45. The maximum absolute atomic E-state index is 13.9. The molecule has 1 aromatic heterocycles. The topological polar surface area (TPSA) is 105 Å². The lowest BCUT2D eigenvalue weighted by molar-refractivity contribution is -0.384. The second-order valence-electron chi connectivity index (χ2n) is 10.4. The van der Waals surface area contributed by atoms with Crippen molar-refractivity contribution in [3.05, 3.63) is 85.6 Å². The highest BCUT2D eigenvalue weighted by Crippen LogP contribution is 2.28. The maximum Gasteiger partial charge on any atom is 0.269 e. The van der Waals surface area contributed by atoms with Crippen LogP contribution in [0.5, 0.6) is 11.5 Å². The SMILES string of the molecule is COc1ccc(CCN(Cc2sccc2C)C(=O)CN(CCN2CCCC2)C(=O)c2ccc([N+](=O)[O-])cc2)cc1OC. The summed E-state index contributed by atoms with van der Waals surface area (Å²) in [5.41, 5.74) is 2.36. The molecule has 0 unspecified atom stereocenters. The zero-order valence-electron chi connectivity index (χ0n) is 24.4. The van der Waals surface area contributed by atoms with Gasteiger partial charge in [0.15, 0.2) is 11.5 Å². The molecule has 0 aliphatic carbocycles. The van der Waals surface area contributed by atoms with Crippen LogP contribution in [-0.4, -0.2) is 84.9 Å². The number of ether oxygens (including phenoxy) is 2. The Labute approximate surface area is 250 Å². The van der Waals surface area contributed by atoms with Crippen LogP contribution in [0, 0.1) is 17.0 Å². The fourth-order valence-corrected chi connectivity index (χ4v) is 5.94. The molecule has 42 heavy (non-hydrogen) atoms. The Balaban J connectivity index is 1.53. The highest BCUT2D eigenvalue weighted by Gasteiger charge is 2.25. The first kappa shape index (κ1) is 31.0. The Kier molecular flexibility index (Phi) is 10.9. The van der Waals surface area contributed by atoms with Gasteiger partial charge in [-0.15, -0.1) is 11.3 Å². The first-order valence-electron chi connectivity index (χ1n) is 14.1. The van der Waals surface area contributed by atoms with E-state index in [0.29, 0.717) is 49.7 Å². The molecule has 2 amide bonds. The van der Waals surface area contributed by atoms with Crippen LogP contribution in [0.25, 0.3) is 0 Å². The van der Waals surface area contributed by atoms with Crippen LogP contribution in [0.3, 0.4) is 0 Å². The molecule has 0 atom stereocenters. The minimum Gasteiger partial charge on any atom is -0.493 e. The van der Waals surface area contributed by atoms with Gasteiger partial charge in [0.05, 0.1) is 25.7 Å². The van der Waals surface area contributed by atoms with Gasteiger partial charge in [-0.25, -0.2) is 0 Å². The van der Waals surface area contributed by atoms with E-state index in [0.717, 1.165) is 41.9 Å². The van der Waals surface area contributed by atoms with Crippen LogP contribution in [-0.2, 0) is 17.8 Å². The molecule has 224 valence electrons. The number of non-ortho nitro benzene ring substituents is 1. The average molecular weight is 595 g/mol. The van der Waals surface area contributed by atoms with Crippen molar-refractivity contribution < 1.29 is 24.0 Å². The van der Waals surface area contributed by atoms with E-state index in [9.17, 15) is 19.7 Å². The van der Waals surface area contributed by atoms with Gasteiger partial charge < -0.3 is 24.2 Å². The maximum atomic E-state index is 13.9. The van der Waals surface area contributed by atoms with Gasteiger partial charge in [-0.2, -0.15) is 0 Å². The Morgan fingerprint density at radius 1 is 0.976 bits per heavy atom. The van der Waals surface area contributed by atoms with Crippen molar-refractivity contribution in [1.82, 2.24) is 14.7 Å². The molecule has 1 fully saturated rings. The van der Waals surface area contributed by atoms with Gasteiger partial charge in [-0.1, -0.05) is 6.07 Å². The molecule has 4 rings (SSSR count). The fraction of sp³-hybridized carbons (Fsp3) is 0.419. The van der Waals surface area contributed by atoms with E-state index in [1.165, 1.54) is 24.3 Å². The molecule has 2 heterocycles. The average Bonchev–Trinajstić information content (AvgIpc) is 3.68. The van der Waals surface area contributed by atoms with Crippen LogP contribution >= 0.6 is 11.3 Å². The minimum atomic E-state index is -0.494. The molecule has 0 spiro atoms. The third kappa shape index (κ3) is 8.07. The van der Waals surface area contributed by atoms with Crippen LogP contribution in [0.4, 0.5) is 5.69 Å². The third-order valence-corrected chi connectivity index (χ3v) is 8.60. The van der Waals surface area contributed by atoms with E-state index >= 15 is 0 Å². The number of methoxy groups -OCH3 is 2. The van der Waals surface area contributed by atoms with Gasteiger partial charge in [0, 0.05) is 42.2 Å². The lowest BCUT2D eigenvalue weighted by atomic mass is 10.1. The van der Waals surface area contributed by atoms with Gasteiger partial charge in [-0.3, -0.25) is 19.7 Å². The number of likely N-dealkylation sites (tertiary alicyclic amines) is 1. The van der Waals surface area contributed by atoms with Crippen molar-refractivity contribution in [1.29, 1.82) is 0 Å². The van der Waals surface area contributed by atoms with Crippen molar-refractivity contribution >= 4 is 28.8 Å². The second kappa shape index (κ2) is 14.8. The number of benzene rings is 2. The summed E-state index contributed by atoms with van der Waals surface area (Å²) >= 11 is 1.61. The van der Waals surface area contributed by atoms with Gasteiger partial charge in [-0.05, 0) is 86.1 Å². The van der Waals surface area contributed by atoms with E-state index < -0.39 is 4.92 Å². The van der Waals surface area contributed by atoms with E-state index in [1.807, 2.05) is 41.5 Å². The number of carbonyl (C=O) groups excluding carboxylic acids is 2. The summed E-state index contributed by atoms with van der Waals surface area (Å²) in [6.07, 6.45) is 2.85. The Morgan fingerprint density at radius 3 is 2.31 bits per heavy atom. The molecule has 0 saturated carbocycles. The number of nitro groups is 1. The standard InChI is InChI=1S/C31H38N4O6S/c1-23-13-19-42-29(23)21-33(16-12-24-6-11-27(40-2)28(20-24)41-3)30(36)22-34(18-17-32-14-4-5-15-32)31(37)25-7-9-26(10-8-25)35(38)39/h6-11,13,19-20H,4-5,12,14-18,21-22H2,1-3H3. The van der Waals surface area contributed by atoms with Crippen molar-refractivity contribution in [3.63, 3.8) is 0 Å². The predicted octanol–water partition coefficient (Wildman–Crippen LogP) is 4.79. The Bertz CT molecular complexity index is 1370. The number of nitro benzene ring substituents is 1. The van der Waals surface area contributed by atoms with E-state index in [2.05, 4.69) is 4.90 Å². The lowest BCUT2D eigenvalue weighted by Gasteiger charge is -2.29. The smallest absolute Gasteiger partial charge is 0.269 e. The molecule has 2 aromatic carbocycles. The summed E-state index contributed by atoms with van der Waals surface area (Å²) in [7, 11) is 3.18. The first-order valence-corrected chi connectivity index (χ1v) is 14.9. The normalized spacial score (nSPS) is 13.1. The van der Waals surface area contributed by atoms with Crippen LogP contribution in [0.1, 0.15) is 39.2 Å². The van der Waals surface area contributed by atoms with E-state index in [1.54, 1.807) is 30.5 Å². The number of aryl methyl sites for hydroxylation is 1. The highest BCUT2D eigenvalue weighted by atomic mass is 32.1. The van der Waals surface area contributed by atoms with E-state index in [4.69, 9.17) is 9.47 Å². The number of nitrogens with zero attached hydrogens (tertiary/aromatic N) is 4. The summed E-state index contributed by atoms with van der Waals surface area (Å²) < 4.78 is 10.8. The molecule has 1 aliphatic rings. The summed E-state index contributed by atoms with van der Waals surface area (Å²) in [6, 6.07) is 13.3. The molecular formula is C31H38N4O6S. The Morgan fingerprint density at radius 2 is 1.69 bits per heavy atom. The molecule has 3 aromatic rings. The summed E-state index contributed by atoms with van der Waals surface area (Å²) in [5, 5.41) is 13.1. The molecule has 0 radical (unpaired) electrons. The molecule has 10 nitrogen and oxygen atoms in total. The monoisotopic (exact) mass is 594 g/mol. The van der Waals surface area contributed by atoms with Crippen molar-refractivity contribution in [2.75, 3.05) is 53.5 Å². The van der Waals surface area contributed by atoms with Gasteiger partial charge >= 0.3 is 0 Å². The first-order chi connectivity index (χ1) is 20.3. The zero-order valence-corrected chi connectivity index (χ0v) is 25.2. The van der Waals surface area contributed by atoms with Gasteiger partial charge in [0.25, 0.3) is 11.6 Å². The van der Waals surface area contributed by atoms with Gasteiger partial charge in [0.1, 0.15) is 6.54 Å². The summed E-state index contributed by atoms with van der Waals surface area (Å²) in [4.78, 5) is 44.9. The summed E-state index contributed by atoms with van der Waals surface area (Å²) in [5.74, 6) is 0.801. The highest BCUT2D eigenvalue weighted by molar-refractivity contribution is 7.10. The second-order valence-corrected chi connectivity index (χ2v) is 11.4. The molecule has 1 aliphatic heterocycles. The number of hydrogen-bond acceptors (Lipinski definition) is 8. The fourth-order valence-electron chi connectivity index (χ4n) is 5.02. The third-order valence-electron chi connectivity index (χ3n) is 7.60. The number of amides is 2. The quantitative estimate of drug-likeness (QED) is 0.195. The zero-order chi connectivity index (χ0) is 30.1. The van der Waals surface area contributed by atoms with Crippen LogP contribution in [0.2, 0.25) is 0 Å². The van der Waals surface area contributed by atoms with Crippen molar-refractivity contribution in [2.24, 2.45) is 0 Å². The van der Waals surface area contributed by atoms with Crippen molar-refractivity contribution in [3.8, 4) is 11.5 Å². The van der Waals surface area contributed by atoms with Gasteiger partial charge in [0.2, 0.25) is 5.91 Å². The number of hydrogen-bond donors (Lipinski definition) is 0. The molecular weight excluding hydrogens is 556 g/mol. The van der Waals surface area contributed by atoms with Crippen LogP contribution < -0.4 is 9.47 Å². The molecule has 0 bridgehead atoms. The van der Waals surface area contributed by atoms with Crippen LogP contribution in [0.15, 0.2) is 53.9 Å². The number of rotatable bonds is 14. The number of carbonyl (C=O) groups is 2. The molecule has 1 saturated heterocycles. The predicted molar refractivity (Wildman–Crippen MR) is 162 cm³/mol.